The van der Waals surface area contributed by atoms with Crippen molar-refractivity contribution in [3.8, 4) is 5.75 Å². The Labute approximate surface area is 205 Å². The van der Waals surface area contributed by atoms with Crippen LogP contribution < -0.4 is 4.74 Å². The fourth-order valence-corrected chi connectivity index (χ4v) is 4.62. The van der Waals surface area contributed by atoms with Crippen molar-refractivity contribution in [3.63, 3.8) is 0 Å². The Bertz CT molecular complexity index is 994. The highest BCUT2D eigenvalue weighted by Gasteiger charge is 2.04. The normalized spacial score (nSPS) is 11.2. The summed E-state index contributed by atoms with van der Waals surface area (Å²) in [5.74, 6) is 0.959. The zero-order valence-electron chi connectivity index (χ0n) is 21.0. The highest BCUT2D eigenvalue weighted by atomic mass is 16.5. The van der Waals surface area contributed by atoms with Crippen molar-refractivity contribution < 1.29 is 14.3 Å². The molecule has 0 aliphatic heterocycles. The number of hydrogen-bond donors (Lipinski definition) is 0. The molecule has 0 N–H and O–H groups in total. The Kier molecular flexibility index (Phi) is 11.8. The number of benzene rings is 3. The molecular weight excluding hydrogens is 420 g/mol. The second kappa shape index (κ2) is 15.4. The van der Waals surface area contributed by atoms with Crippen LogP contribution in [0.25, 0.3) is 21.5 Å². The number of carbonyl (C=O) groups excluding carboxylic acids is 1. The number of fused-ring (bicyclic) bond motifs is 2. The third kappa shape index (κ3) is 9.00. The van der Waals surface area contributed by atoms with Crippen molar-refractivity contribution in [1.82, 2.24) is 0 Å². The highest BCUT2D eigenvalue weighted by molar-refractivity contribution is 6.00. The second-order valence-corrected chi connectivity index (χ2v) is 9.32. The molecule has 0 radical (unpaired) electrons. The molecule has 0 aromatic heterocycles. The largest absolute Gasteiger partial charge is 0.493 e. The van der Waals surface area contributed by atoms with Gasteiger partial charge in [0.25, 0.3) is 0 Å². The molecule has 0 saturated carbocycles. The number of hydrogen-bond acceptors (Lipinski definition) is 3. The molecule has 3 heteroatoms. The quantitative estimate of drug-likeness (QED) is 0.114. The van der Waals surface area contributed by atoms with Gasteiger partial charge < -0.3 is 9.47 Å². The smallest absolute Gasteiger partial charge is 0.305 e. The molecule has 3 aromatic carbocycles. The van der Waals surface area contributed by atoms with Crippen LogP contribution in [-0.4, -0.2) is 19.2 Å². The van der Waals surface area contributed by atoms with Gasteiger partial charge in [-0.15, -0.1) is 0 Å². The van der Waals surface area contributed by atoms with Gasteiger partial charge in [-0.3, -0.25) is 4.79 Å². The molecule has 0 spiro atoms. The Morgan fingerprint density at radius 2 is 1.21 bits per heavy atom. The van der Waals surface area contributed by atoms with E-state index in [9.17, 15) is 4.79 Å². The first-order valence-corrected chi connectivity index (χ1v) is 13.5. The van der Waals surface area contributed by atoms with Gasteiger partial charge in [0.15, 0.2) is 0 Å². The molecule has 3 nitrogen and oxygen atoms in total. The average Bonchev–Trinajstić information content (AvgIpc) is 2.85. The summed E-state index contributed by atoms with van der Waals surface area (Å²) in [5.41, 5.74) is 0. The van der Waals surface area contributed by atoms with Gasteiger partial charge in [0.2, 0.25) is 0 Å². The Morgan fingerprint density at radius 3 is 1.85 bits per heavy atom. The van der Waals surface area contributed by atoms with Gasteiger partial charge in [0.1, 0.15) is 5.75 Å². The van der Waals surface area contributed by atoms with Gasteiger partial charge in [0.05, 0.1) is 13.2 Å². The second-order valence-electron chi connectivity index (χ2n) is 9.32. The van der Waals surface area contributed by atoms with Crippen LogP contribution in [-0.2, 0) is 9.53 Å². The van der Waals surface area contributed by atoms with Gasteiger partial charge in [-0.25, -0.2) is 0 Å². The van der Waals surface area contributed by atoms with Gasteiger partial charge in [-0.2, -0.15) is 0 Å². The molecule has 0 atom stereocenters. The lowest BCUT2D eigenvalue weighted by Gasteiger charge is -2.10. The van der Waals surface area contributed by atoms with E-state index in [1.165, 1.54) is 79.3 Å². The molecule has 0 saturated heterocycles. The molecule has 184 valence electrons. The van der Waals surface area contributed by atoms with Crippen molar-refractivity contribution in [2.24, 2.45) is 0 Å². The number of carbonyl (C=O) groups is 1. The number of esters is 1. The molecule has 0 unspecified atom stereocenters. The molecule has 0 amide bonds. The van der Waals surface area contributed by atoms with Crippen LogP contribution in [0.2, 0.25) is 0 Å². The Morgan fingerprint density at radius 1 is 0.647 bits per heavy atom. The first kappa shape index (κ1) is 26.1. The molecule has 0 aliphatic carbocycles. The van der Waals surface area contributed by atoms with Crippen LogP contribution >= 0.6 is 0 Å². The van der Waals surface area contributed by atoms with E-state index in [-0.39, 0.29) is 5.97 Å². The Hall–Kier alpha value is -2.55. The predicted octanol–water partition coefficient (Wildman–Crippen LogP) is 9.01. The third-order valence-corrected chi connectivity index (χ3v) is 6.54. The minimum Gasteiger partial charge on any atom is -0.493 e. The fraction of sp³-hybridized carbons (Fsp3) is 0.516. The van der Waals surface area contributed by atoms with E-state index in [2.05, 4.69) is 54.6 Å². The predicted molar refractivity (Wildman–Crippen MR) is 144 cm³/mol. The van der Waals surface area contributed by atoms with Crippen molar-refractivity contribution in [1.29, 1.82) is 0 Å². The third-order valence-electron chi connectivity index (χ3n) is 6.54. The molecule has 3 aromatic rings. The van der Waals surface area contributed by atoms with E-state index in [4.69, 9.17) is 9.47 Å². The molecule has 0 bridgehead atoms. The van der Waals surface area contributed by atoms with Crippen LogP contribution in [0.15, 0.2) is 54.6 Å². The van der Waals surface area contributed by atoms with E-state index >= 15 is 0 Å². The van der Waals surface area contributed by atoms with Crippen LogP contribution in [0, 0.1) is 0 Å². The molecule has 34 heavy (non-hydrogen) atoms. The molecule has 0 aliphatic rings. The monoisotopic (exact) mass is 462 g/mol. The summed E-state index contributed by atoms with van der Waals surface area (Å²) in [5, 5.41) is 4.99. The zero-order chi connectivity index (χ0) is 23.8. The van der Waals surface area contributed by atoms with Crippen molar-refractivity contribution >= 4 is 27.5 Å². The summed E-state index contributed by atoms with van der Waals surface area (Å²) in [6.07, 6.45) is 15.6. The lowest BCUT2D eigenvalue weighted by molar-refractivity contribution is -0.143. The van der Waals surface area contributed by atoms with E-state index in [0.717, 1.165) is 31.6 Å². The summed E-state index contributed by atoms with van der Waals surface area (Å²) in [6, 6.07) is 19.4. The van der Waals surface area contributed by atoms with E-state index < -0.39 is 0 Å². The molecule has 0 fully saturated rings. The van der Waals surface area contributed by atoms with Crippen LogP contribution in [0.3, 0.4) is 0 Å². The number of unbranched alkanes of at least 4 members (excludes halogenated alkanes) is 11. The minimum atomic E-state index is -0.0450. The number of ether oxygens (including phenoxy) is 2. The van der Waals surface area contributed by atoms with Gasteiger partial charge in [-0.1, -0.05) is 101 Å². The lowest BCUT2D eigenvalue weighted by Crippen LogP contribution is -2.03. The van der Waals surface area contributed by atoms with Crippen LogP contribution in [0.5, 0.6) is 5.75 Å². The fourth-order valence-electron chi connectivity index (χ4n) is 4.62. The summed E-state index contributed by atoms with van der Waals surface area (Å²) in [4.78, 5) is 11.3. The summed E-state index contributed by atoms with van der Waals surface area (Å²) >= 11 is 0. The van der Waals surface area contributed by atoms with Crippen LogP contribution in [0.4, 0.5) is 0 Å². The lowest BCUT2D eigenvalue weighted by atomic mass is 10.0. The van der Waals surface area contributed by atoms with Crippen LogP contribution in [0.1, 0.15) is 90.4 Å². The maximum Gasteiger partial charge on any atom is 0.305 e. The van der Waals surface area contributed by atoms with E-state index in [1.54, 1.807) is 0 Å². The van der Waals surface area contributed by atoms with Crippen molar-refractivity contribution in [2.75, 3.05) is 13.2 Å². The molecule has 3 rings (SSSR count). The summed E-state index contributed by atoms with van der Waals surface area (Å²) in [6.45, 7) is 3.15. The van der Waals surface area contributed by atoms with Gasteiger partial charge in [-0.05, 0) is 54.1 Å². The SMILES string of the molecule is CCOC(=O)CCCCCCCCCCCCCCOc1cccc2cc3ccccc3cc12. The van der Waals surface area contributed by atoms with Gasteiger partial charge >= 0.3 is 5.97 Å². The topological polar surface area (TPSA) is 35.5 Å². The maximum absolute atomic E-state index is 11.3. The molecular formula is C31H42O3. The maximum atomic E-state index is 11.3. The Balaban J connectivity index is 1.18. The number of rotatable bonds is 17. The summed E-state index contributed by atoms with van der Waals surface area (Å²) in [7, 11) is 0. The first-order valence-electron chi connectivity index (χ1n) is 13.5. The van der Waals surface area contributed by atoms with Gasteiger partial charge in [0, 0.05) is 11.8 Å². The highest BCUT2D eigenvalue weighted by Crippen LogP contribution is 2.30. The standard InChI is InChI=1S/C31H42O3/c1-2-33-31(32)22-13-11-9-7-5-3-4-6-8-10-12-16-23-34-30-21-17-20-28-24-26-18-14-15-19-27(26)25-29(28)30/h14-15,17-21,24-25H,2-13,16,22-23H2,1H3. The van der Waals surface area contributed by atoms with Crippen molar-refractivity contribution in [2.45, 2.75) is 90.4 Å². The first-order chi connectivity index (χ1) is 16.8. The zero-order valence-corrected chi connectivity index (χ0v) is 21.0. The molecule has 0 heterocycles. The van der Waals surface area contributed by atoms with E-state index in [0.29, 0.717) is 13.0 Å². The average molecular weight is 463 g/mol. The summed E-state index contributed by atoms with van der Waals surface area (Å²) < 4.78 is 11.1. The van der Waals surface area contributed by atoms with E-state index in [1.807, 2.05) is 6.92 Å². The minimum absolute atomic E-state index is 0.0450. The van der Waals surface area contributed by atoms with Crippen molar-refractivity contribution in [3.05, 3.63) is 54.6 Å².